The lowest BCUT2D eigenvalue weighted by Crippen LogP contribution is -2.49. The van der Waals surface area contributed by atoms with E-state index in [4.69, 9.17) is 16.3 Å². The van der Waals surface area contributed by atoms with Crippen LogP contribution in [0.15, 0.2) is 6.07 Å². The molecule has 152 valence electrons. The fourth-order valence-electron chi connectivity index (χ4n) is 4.59. The standard InChI is InChI=1S/C18H28ClN3O3S2/c1-26-22(24)21-6-2-13(3-7-21)11-20-8-4-18(5-9-20)17-14(10-16(19)27-17)15(23)12-25-18/h10,13,15,23-24H,2-9,11-12H2,1H3. The number of likely N-dealkylation sites (tertiary alicyclic amines) is 1. The second kappa shape index (κ2) is 8.45. The number of hydrogen-bond acceptors (Lipinski definition) is 8. The van der Waals surface area contributed by atoms with Crippen molar-refractivity contribution in [3.8, 4) is 0 Å². The van der Waals surface area contributed by atoms with Crippen LogP contribution >= 0.6 is 34.9 Å². The second-order valence-corrected chi connectivity index (χ2v) is 10.2. The number of hydrogen-bond donors (Lipinski definition) is 2. The fraction of sp³-hybridized carbons (Fsp3) is 0.778. The summed E-state index contributed by atoms with van der Waals surface area (Å²) in [5.74, 6) is 0.686. The molecule has 9 heteroatoms. The summed E-state index contributed by atoms with van der Waals surface area (Å²) >= 11 is 9.14. The van der Waals surface area contributed by atoms with E-state index >= 15 is 0 Å². The third-order valence-electron chi connectivity index (χ3n) is 6.20. The van der Waals surface area contributed by atoms with Crippen LogP contribution < -0.4 is 0 Å². The van der Waals surface area contributed by atoms with Gasteiger partial charge in [-0.25, -0.2) is 5.01 Å². The number of rotatable bonds is 4. The summed E-state index contributed by atoms with van der Waals surface area (Å²) in [4.78, 5) is 3.69. The minimum atomic E-state index is -0.551. The SMILES string of the molecule is CSN(O)N1CCC(CN2CCC3(CC2)OCC(O)c2cc(Cl)sc23)CC1. The lowest BCUT2D eigenvalue weighted by molar-refractivity contribution is -0.169. The van der Waals surface area contributed by atoms with Gasteiger partial charge in [0.1, 0.15) is 11.7 Å². The number of aliphatic hydroxyl groups is 1. The van der Waals surface area contributed by atoms with E-state index in [0.29, 0.717) is 12.5 Å². The number of piperidine rings is 2. The van der Waals surface area contributed by atoms with E-state index in [9.17, 15) is 10.3 Å². The molecule has 0 saturated carbocycles. The molecule has 2 saturated heterocycles. The number of halogens is 1. The average molecular weight is 434 g/mol. The van der Waals surface area contributed by atoms with Crippen LogP contribution in [-0.4, -0.2) is 70.4 Å². The summed E-state index contributed by atoms with van der Waals surface area (Å²) in [5.41, 5.74) is 0.710. The third kappa shape index (κ3) is 4.20. The van der Waals surface area contributed by atoms with Gasteiger partial charge in [-0.1, -0.05) is 16.2 Å². The van der Waals surface area contributed by atoms with Gasteiger partial charge in [-0.3, -0.25) is 5.21 Å². The van der Waals surface area contributed by atoms with E-state index in [-0.39, 0.29) is 5.60 Å². The van der Waals surface area contributed by atoms with Crippen LogP contribution in [0.1, 0.15) is 42.2 Å². The van der Waals surface area contributed by atoms with Crippen LogP contribution in [0.3, 0.4) is 0 Å². The zero-order valence-corrected chi connectivity index (χ0v) is 18.0. The largest absolute Gasteiger partial charge is 0.386 e. The van der Waals surface area contributed by atoms with Crippen molar-refractivity contribution < 1.29 is 15.1 Å². The lowest BCUT2D eigenvalue weighted by atomic mass is 9.84. The van der Waals surface area contributed by atoms with Gasteiger partial charge >= 0.3 is 0 Å². The summed E-state index contributed by atoms with van der Waals surface area (Å²) in [5, 5.41) is 22.0. The van der Waals surface area contributed by atoms with Gasteiger partial charge in [-0.2, -0.15) is 0 Å². The van der Waals surface area contributed by atoms with Crippen LogP contribution in [-0.2, 0) is 10.3 Å². The maximum atomic E-state index is 10.2. The number of hydrazine groups is 1. The molecule has 0 amide bonds. The van der Waals surface area contributed by atoms with Crippen molar-refractivity contribution in [2.45, 2.75) is 37.4 Å². The summed E-state index contributed by atoms with van der Waals surface area (Å²) < 4.78 is 8.18. The highest BCUT2D eigenvalue weighted by atomic mass is 35.5. The van der Waals surface area contributed by atoms with Crippen molar-refractivity contribution in [3.05, 3.63) is 20.8 Å². The van der Waals surface area contributed by atoms with Gasteiger partial charge in [-0.15, -0.1) is 11.3 Å². The molecule has 27 heavy (non-hydrogen) atoms. The highest BCUT2D eigenvalue weighted by Crippen LogP contribution is 2.49. The smallest absolute Gasteiger partial charge is 0.105 e. The van der Waals surface area contributed by atoms with E-state index in [1.165, 1.54) is 16.5 Å². The van der Waals surface area contributed by atoms with Gasteiger partial charge in [0.05, 0.1) is 10.9 Å². The Hall–Kier alpha value is 0.1000. The van der Waals surface area contributed by atoms with Crippen molar-refractivity contribution in [1.82, 2.24) is 14.5 Å². The number of aliphatic hydroxyl groups excluding tert-OH is 1. The summed E-state index contributed by atoms with van der Waals surface area (Å²) in [6.45, 7) is 5.35. The highest BCUT2D eigenvalue weighted by molar-refractivity contribution is 7.96. The quantitative estimate of drug-likeness (QED) is 0.557. The molecular formula is C18H28ClN3O3S2. The molecule has 0 aliphatic carbocycles. The maximum Gasteiger partial charge on any atom is 0.105 e. The van der Waals surface area contributed by atoms with E-state index < -0.39 is 6.10 Å². The zero-order valence-electron chi connectivity index (χ0n) is 15.6. The third-order valence-corrected chi connectivity index (χ3v) is 8.22. The monoisotopic (exact) mass is 433 g/mol. The molecule has 1 aromatic heterocycles. The number of ether oxygens (including phenoxy) is 1. The van der Waals surface area contributed by atoms with Crippen LogP contribution in [0.25, 0.3) is 0 Å². The summed E-state index contributed by atoms with van der Waals surface area (Å²) in [7, 11) is 0. The molecule has 2 fully saturated rings. The predicted octanol–water partition coefficient (Wildman–Crippen LogP) is 3.35. The Morgan fingerprint density at radius 2 is 2.04 bits per heavy atom. The van der Waals surface area contributed by atoms with Gasteiger partial charge in [0.2, 0.25) is 0 Å². The second-order valence-electron chi connectivity index (χ2n) is 7.79. The topological polar surface area (TPSA) is 59.4 Å². The molecule has 3 aliphatic heterocycles. The van der Waals surface area contributed by atoms with Crippen LogP contribution in [0.2, 0.25) is 4.34 Å². The number of nitrogens with zero attached hydrogens (tertiary/aromatic N) is 3. The predicted molar refractivity (Wildman–Crippen MR) is 109 cm³/mol. The first kappa shape index (κ1) is 20.4. The van der Waals surface area contributed by atoms with Crippen molar-refractivity contribution in [2.24, 2.45) is 5.92 Å². The molecule has 4 rings (SSSR count). The molecule has 0 bridgehead atoms. The van der Waals surface area contributed by atoms with Crippen LogP contribution in [0, 0.1) is 5.92 Å². The van der Waals surface area contributed by atoms with E-state index in [1.807, 2.05) is 17.3 Å². The molecule has 1 aromatic rings. The first-order valence-corrected chi connectivity index (χ1v) is 12.0. The van der Waals surface area contributed by atoms with E-state index in [2.05, 4.69) is 4.90 Å². The van der Waals surface area contributed by atoms with Crippen LogP contribution in [0.5, 0.6) is 0 Å². The number of fused-ring (bicyclic) bond motifs is 2. The molecule has 0 aromatic carbocycles. The Balaban J connectivity index is 1.32. The molecule has 2 N–H and O–H groups in total. The summed E-state index contributed by atoms with van der Waals surface area (Å²) in [6, 6.07) is 1.91. The van der Waals surface area contributed by atoms with E-state index in [0.717, 1.165) is 73.2 Å². The first-order chi connectivity index (χ1) is 13.0. The molecule has 1 spiro atoms. The average Bonchev–Trinajstić information content (AvgIpc) is 3.10. The van der Waals surface area contributed by atoms with Crippen molar-refractivity contribution in [3.63, 3.8) is 0 Å². The highest BCUT2D eigenvalue weighted by Gasteiger charge is 2.44. The fourth-order valence-corrected chi connectivity index (χ4v) is 6.48. The van der Waals surface area contributed by atoms with Crippen LogP contribution in [0.4, 0.5) is 0 Å². The Kier molecular flexibility index (Phi) is 6.38. The van der Waals surface area contributed by atoms with Gasteiger partial charge in [0, 0.05) is 49.4 Å². The van der Waals surface area contributed by atoms with E-state index in [1.54, 1.807) is 11.3 Å². The molecule has 6 nitrogen and oxygen atoms in total. The number of thiophene rings is 1. The molecule has 1 atom stereocenters. The Morgan fingerprint density at radius 3 is 2.70 bits per heavy atom. The van der Waals surface area contributed by atoms with Crippen molar-refractivity contribution >= 4 is 34.9 Å². The van der Waals surface area contributed by atoms with Gasteiger partial charge < -0.3 is 14.7 Å². The van der Waals surface area contributed by atoms with Gasteiger partial charge in [0.15, 0.2) is 0 Å². The minimum Gasteiger partial charge on any atom is -0.386 e. The normalized spacial score (nSPS) is 27.4. The van der Waals surface area contributed by atoms with Crippen molar-refractivity contribution in [2.75, 3.05) is 45.6 Å². The molecule has 0 radical (unpaired) electrons. The molecule has 4 heterocycles. The molecule has 3 aliphatic rings. The Morgan fingerprint density at radius 1 is 1.33 bits per heavy atom. The van der Waals surface area contributed by atoms with Gasteiger partial charge in [0.25, 0.3) is 0 Å². The van der Waals surface area contributed by atoms with Gasteiger partial charge in [-0.05, 0) is 49.6 Å². The van der Waals surface area contributed by atoms with Crippen molar-refractivity contribution in [1.29, 1.82) is 0 Å². The zero-order chi connectivity index (χ0) is 19.0. The lowest BCUT2D eigenvalue weighted by Gasteiger charge is -2.45. The summed E-state index contributed by atoms with van der Waals surface area (Å²) in [6.07, 6.45) is 5.48. The molecule has 1 unspecified atom stereocenters. The maximum absolute atomic E-state index is 10.2. The first-order valence-electron chi connectivity index (χ1n) is 9.63. The molecular weight excluding hydrogens is 406 g/mol. The minimum absolute atomic E-state index is 0.262. The Bertz CT molecular complexity index is 646. The Labute approximate surface area is 174 Å².